The summed E-state index contributed by atoms with van der Waals surface area (Å²) in [5.74, 6) is -2.01. The molecule has 0 aliphatic carbocycles. The van der Waals surface area contributed by atoms with Crippen LogP contribution in [0.5, 0.6) is 0 Å². The van der Waals surface area contributed by atoms with E-state index < -0.39 is 35.5 Å². The van der Waals surface area contributed by atoms with Crippen molar-refractivity contribution in [3.63, 3.8) is 0 Å². The number of aromatic nitrogens is 1. The van der Waals surface area contributed by atoms with Crippen molar-refractivity contribution < 1.29 is 26.3 Å². The number of rotatable bonds is 1. The van der Waals surface area contributed by atoms with Crippen molar-refractivity contribution in [3.05, 3.63) is 23.3 Å². The number of pyridine rings is 1. The predicted molar refractivity (Wildman–Crippen MR) is 38.6 cm³/mol. The summed E-state index contributed by atoms with van der Waals surface area (Å²) in [6.07, 6.45) is -8.23. The zero-order chi connectivity index (χ0) is 11.8. The first kappa shape index (κ1) is 11.6. The van der Waals surface area contributed by atoms with Gasteiger partial charge in [0.25, 0.3) is 6.43 Å². The Hall–Kier alpha value is -1.47. The van der Waals surface area contributed by atoms with Crippen molar-refractivity contribution in [1.82, 2.24) is 4.98 Å². The highest BCUT2D eigenvalue weighted by Gasteiger charge is 2.36. The molecule has 8 heteroatoms. The fourth-order valence-corrected chi connectivity index (χ4v) is 0.893. The Kier molecular flexibility index (Phi) is 2.78. The van der Waals surface area contributed by atoms with Gasteiger partial charge in [0.1, 0.15) is 11.3 Å². The predicted octanol–water partition coefficient (Wildman–Crippen LogP) is 2.76. The van der Waals surface area contributed by atoms with E-state index in [2.05, 4.69) is 4.98 Å². The van der Waals surface area contributed by atoms with Crippen molar-refractivity contribution in [2.24, 2.45) is 0 Å². The monoisotopic (exact) mass is 230 g/mol. The maximum Gasteiger partial charge on any atom is 0.420 e. The Labute approximate surface area is 79.7 Å². The topological polar surface area (TPSA) is 38.9 Å². The van der Waals surface area contributed by atoms with Gasteiger partial charge in [-0.2, -0.15) is 17.6 Å². The van der Waals surface area contributed by atoms with Gasteiger partial charge in [-0.05, 0) is 6.07 Å². The van der Waals surface area contributed by atoms with Crippen LogP contribution in [0.2, 0.25) is 0 Å². The molecular weight excluding hydrogens is 226 g/mol. The number of alkyl halides is 5. The van der Waals surface area contributed by atoms with Crippen molar-refractivity contribution in [3.8, 4) is 0 Å². The summed E-state index contributed by atoms with van der Waals surface area (Å²) < 4.78 is 72.9. The van der Waals surface area contributed by atoms with Crippen LogP contribution in [0.15, 0.2) is 6.07 Å². The number of nitrogens with zero attached hydrogens (tertiary/aromatic N) is 1. The number of hydrogen-bond acceptors (Lipinski definition) is 2. The van der Waals surface area contributed by atoms with Crippen LogP contribution in [0.25, 0.3) is 0 Å². The zero-order valence-electron chi connectivity index (χ0n) is 6.95. The van der Waals surface area contributed by atoms with Gasteiger partial charge < -0.3 is 5.73 Å². The minimum absolute atomic E-state index is 0.101. The normalized spacial score (nSPS) is 12.2. The lowest BCUT2D eigenvalue weighted by atomic mass is 10.2. The Bertz CT molecular complexity index is 372. The van der Waals surface area contributed by atoms with Crippen LogP contribution in [-0.4, -0.2) is 4.98 Å². The minimum Gasteiger partial charge on any atom is -0.397 e. The van der Waals surface area contributed by atoms with Crippen LogP contribution in [0, 0.1) is 5.95 Å². The molecule has 0 spiro atoms. The van der Waals surface area contributed by atoms with E-state index in [9.17, 15) is 26.3 Å². The molecule has 0 unspecified atom stereocenters. The molecule has 0 atom stereocenters. The molecule has 84 valence electrons. The standard InChI is InChI=1S/C7H4F6N2/c8-5(9)4-3(14)1-2(6(10)15-4)7(11,12)13/h1,5H,14H2. The highest BCUT2D eigenvalue weighted by molar-refractivity contribution is 5.46. The maximum atomic E-state index is 12.7. The number of anilines is 1. The van der Waals surface area contributed by atoms with Crippen LogP contribution >= 0.6 is 0 Å². The first-order chi connectivity index (χ1) is 6.73. The summed E-state index contributed by atoms with van der Waals surface area (Å²) in [6, 6.07) is 0.101. The lowest BCUT2D eigenvalue weighted by Gasteiger charge is -2.10. The number of hydrogen-bond donors (Lipinski definition) is 1. The smallest absolute Gasteiger partial charge is 0.397 e. The van der Waals surface area contributed by atoms with Gasteiger partial charge >= 0.3 is 6.18 Å². The number of nitrogen functional groups attached to an aromatic ring is 1. The van der Waals surface area contributed by atoms with Gasteiger partial charge in [0.15, 0.2) is 0 Å². The van der Waals surface area contributed by atoms with Crippen molar-refractivity contribution in [2.45, 2.75) is 12.6 Å². The van der Waals surface area contributed by atoms with Gasteiger partial charge in [0.2, 0.25) is 5.95 Å². The van der Waals surface area contributed by atoms with Crippen LogP contribution < -0.4 is 5.73 Å². The molecule has 1 heterocycles. The van der Waals surface area contributed by atoms with Crippen molar-refractivity contribution in [2.75, 3.05) is 5.73 Å². The highest BCUT2D eigenvalue weighted by atomic mass is 19.4. The van der Waals surface area contributed by atoms with E-state index >= 15 is 0 Å². The molecule has 2 nitrogen and oxygen atoms in total. The third kappa shape index (κ3) is 2.31. The quantitative estimate of drug-likeness (QED) is 0.595. The lowest BCUT2D eigenvalue weighted by molar-refractivity contribution is -0.140. The molecule has 0 saturated carbocycles. The van der Waals surface area contributed by atoms with Crippen LogP contribution in [-0.2, 0) is 6.18 Å². The fourth-order valence-electron chi connectivity index (χ4n) is 0.893. The SMILES string of the molecule is Nc1cc(C(F)(F)F)c(F)nc1C(F)F. The molecule has 0 bridgehead atoms. The second-order valence-corrected chi connectivity index (χ2v) is 2.60. The Morgan fingerprint density at radius 3 is 2.20 bits per heavy atom. The largest absolute Gasteiger partial charge is 0.420 e. The first-order valence-corrected chi connectivity index (χ1v) is 3.54. The summed E-state index contributed by atoms with van der Waals surface area (Å²) in [6.45, 7) is 0. The Balaban J connectivity index is 3.32. The third-order valence-electron chi connectivity index (χ3n) is 1.55. The minimum atomic E-state index is -5.01. The second-order valence-electron chi connectivity index (χ2n) is 2.60. The summed E-state index contributed by atoms with van der Waals surface area (Å²) in [7, 11) is 0. The molecule has 0 aliphatic rings. The summed E-state index contributed by atoms with van der Waals surface area (Å²) in [5, 5.41) is 0. The van der Waals surface area contributed by atoms with E-state index in [1.54, 1.807) is 0 Å². The van der Waals surface area contributed by atoms with E-state index in [-0.39, 0.29) is 6.07 Å². The van der Waals surface area contributed by atoms with Gasteiger partial charge in [-0.25, -0.2) is 13.8 Å². The van der Waals surface area contributed by atoms with Gasteiger partial charge in [-0.1, -0.05) is 0 Å². The summed E-state index contributed by atoms with van der Waals surface area (Å²) in [4.78, 5) is 2.48. The van der Waals surface area contributed by atoms with Gasteiger partial charge in [0, 0.05) is 0 Å². The molecule has 0 aliphatic heterocycles. The molecule has 15 heavy (non-hydrogen) atoms. The molecule has 0 fully saturated rings. The van der Waals surface area contributed by atoms with E-state index in [1.165, 1.54) is 0 Å². The van der Waals surface area contributed by atoms with Gasteiger partial charge in [0.05, 0.1) is 5.69 Å². The van der Waals surface area contributed by atoms with E-state index in [0.717, 1.165) is 0 Å². The maximum absolute atomic E-state index is 12.7. The third-order valence-corrected chi connectivity index (χ3v) is 1.55. The van der Waals surface area contributed by atoms with Crippen molar-refractivity contribution in [1.29, 1.82) is 0 Å². The summed E-state index contributed by atoms with van der Waals surface area (Å²) in [5.41, 5.74) is 1.03. The van der Waals surface area contributed by atoms with Crippen LogP contribution in [0.1, 0.15) is 17.7 Å². The fraction of sp³-hybridized carbons (Fsp3) is 0.286. The van der Waals surface area contributed by atoms with E-state index in [0.29, 0.717) is 0 Å². The van der Waals surface area contributed by atoms with Crippen LogP contribution in [0.3, 0.4) is 0 Å². The molecular formula is C7H4F6N2. The molecule has 1 aromatic rings. The lowest BCUT2D eigenvalue weighted by Crippen LogP contribution is -2.13. The summed E-state index contributed by atoms with van der Waals surface area (Å²) >= 11 is 0. The molecule has 1 aromatic heterocycles. The Morgan fingerprint density at radius 1 is 1.27 bits per heavy atom. The molecule has 0 radical (unpaired) electrons. The average molecular weight is 230 g/mol. The molecule has 0 saturated heterocycles. The molecule has 1 rings (SSSR count). The second kappa shape index (κ2) is 3.59. The van der Waals surface area contributed by atoms with E-state index in [4.69, 9.17) is 5.73 Å². The zero-order valence-corrected chi connectivity index (χ0v) is 6.95. The first-order valence-electron chi connectivity index (χ1n) is 3.54. The number of nitrogens with two attached hydrogens (primary N) is 1. The molecule has 0 amide bonds. The number of halogens is 6. The van der Waals surface area contributed by atoms with Gasteiger partial charge in [-0.3, -0.25) is 0 Å². The highest BCUT2D eigenvalue weighted by Crippen LogP contribution is 2.34. The Morgan fingerprint density at radius 2 is 1.80 bits per heavy atom. The molecule has 0 aromatic carbocycles. The van der Waals surface area contributed by atoms with E-state index in [1.807, 2.05) is 0 Å². The van der Waals surface area contributed by atoms with Crippen molar-refractivity contribution >= 4 is 5.69 Å². The molecule has 2 N–H and O–H groups in total. The van der Waals surface area contributed by atoms with Gasteiger partial charge in [-0.15, -0.1) is 0 Å². The van der Waals surface area contributed by atoms with Crippen LogP contribution in [0.4, 0.5) is 32.0 Å². The average Bonchev–Trinajstić information content (AvgIpc) is 2.06.